The third-order valence-electron chi connectivity index (χ3n) is 8.03. The molecule has 2 saturated heterocycles. The highest BCUT2D eigenvalue weighted by atomic mass is 19.4. The molecule has 2 fully saturated rings. The number of aryl methyl sites for hydroxylation is 1. The predicted molar refractivity (Wildman–Crippen MR) is 154 cm³/mol. The molecule has 2 amide bonds. The Morgan fingerprint density at radius 3 is 2.54 bits per heavy atom. The maximum atomic E-state index is 15.5. The van der Waals surface area contributed by atoms with Gasteiger partial charge in [-0.2, -0.15) is 23.5 Å². The van der Waals surface area contributed by atoms with Gasteiger partial charge < -0.3 is 20.2 Å². The number of imidazole rings is 1. The third-order valence-corrected chi connectivity index (χ3v) is 8.03. The number of carbonyl (C=O) groups is 2. The summed E-state index contributed by atoms with van der Waals surface area (Å²) in [6, 6.07) is 3.98. The molecular weight excluding hydrogens is 612 g/mol. The van der Waals surface area contributed by atoms with Crippen LogP contribution in [0.2, 0.25) is 0 Å². The summed E-state index contributed by atoms with van der Waals surface area (Å²) in [7, 11) is 0. The van der Waals surface area contributed by atoms with Crippen LogP contribution in [0.1, 0.15) is 34.5 Å². The van der Waals surface area contributed by atoms with Crippen molar-refractivity contribution < 1.29 is 32.3 Å². The van der Waals surface area contributed by atoms with E-state index in [-0.39, 0.29) is 72.6 Å². The van der Waals surface area contributed by atoms with Crippen LogP contribution in [-0.4, -0.2) is 89.3 Å². The fourth-order valence-electron chi connectivity index (χ4n) is 5.83. The van der Waals surface area contributed by atoms with Gasteiger partial charge in [0, 0.05) is 50.5 Å². The number of alkyl halides is 3. The van der Waals surface area contributed by atoms with Crippen LogP contribution in [0.5, 0.6) is 0 Å². The Morgan fingerprint density at radius 1 is 1.15 bits per heavy atom. The first kappa shape index (κ1) is 30.9. The molecule has 0 spiro atoms. The lowest BCUT2D eigenvalue weighted by atomic mass is 10.0. The van der Waals surface area contributed by atoms with Gasteiger partial charge in [0.15, 0.2) is 17.2 Å². The van der Waals surface area contributed by atoms with Crippen molar-refractivity contribution in [1.29, 1.82) is 5.26 Å². The predicted octanol–water partition coefficient (Wildman–Crippen LogP) is 2.68. The van der Waals surface area contributed by atoms with Crippen molar-refractivity contribution in [1.82, 2.24) is 39.3 Å². The van der Waals surface area contributed by atoms with Crippen molar-refractivity contribution in [2.75, 3.05) is 31.5 Å². The second-order valence-corrected chi connectivity index (χ2v) is 11.1. The molecule has 2 aliphatic rings. The van der Waals surface area contributed by atoms with Gasteiger partial charge >= 0.3 is 6.18 Å². The van der Waals surface area contributed by atoms with Crippen molar-refractivity contribution in [2.24, 2.45) is 0 Å². The zero-order valence-electron chi connectivity index (χ0n) is 24.4. The highest BCUT2D eigenvalue weighted by Gasteiger charge is 2.38. The van der Waals surface area contributed by atoms with Gasteiger partial charge in [-0.25, -0.2) is 14.4 Å². The smallest absolute Gasteiger partial charge is 0.379 e. The van der Waals surface area contributed by atoms with Gasteiger partial charge in [-0.15, -0.1) is 0 Å². The second kappa shape index (κ2) is 12.0. The maximum Gasteiger partial charge on any atom is 0.435 e. The third kappa shape index (κ3) is 5.84. The number of nitrogens with zero attached hydrogens (tertiary/aromatic N) is 8. The van der Waals surface area contributed by atoms with E-state index in [0.717, 1.165) is 16.9 Å². The molecule has 4 aromatic rings. The van der Waals surface area contributed by atoms with Crippen LogP contribution < -0.4 is 10.6 Å². The molecule has 0 unspecified atom stereocenters. The van der Waals surface area contributed by atoms with Crippen molar-refractivity contribution in [3.63, 3.8) is 0 Å². The Bertz CT molecular complexity index is 1830. The zero-order chi connectivity index (χ0) is 32.7. The van der Waals surface area contributed by atoms with Gasteiger partial charge in [-0.1, -0.05) is 0 Å². The van der Waals surface area contributed by atoms with E-state index in [1.165, 1.54) is 27.9 Å². The molecule has 1 aromatic carbocycles. The minimum absolute atomic E-state index is 0.0548. The molecule has 240 valence electrons. The number of aromatic nitrogens is 5. The molecule has 5 heterocycles. The van der Waals surface area contributed by atoms with E-state index in [2.05, 4.69) is 25.7 Å². The van der Waals surface area contributed by atoms with Gasteiger partial charge in [0.05, 0.1) is 35.1 Å². The molecule has 3 aromatic heterocycles. The summed E-state index contributed by atoms with van der Waals surface area (Å²) < 4.78 is 59.0. The SMILES string of the molecule is Cc1cc(Nc2nccn3c(-c4cn(CC#N)nc4C(F)(F)F)cnc23)cc(F)c1C(=O)N1CCN(C(=O)[C@H]2CC[C@H](O)N2)CC1. The van der Waals surface area contributed by atoms with Crippen LogP contribution >= 0.6 is 0 Å². The largest absolute Gasteiger partial charge is 0.435 e. The Labute approximate surface area is 259 Å². The van der Waals surface area contributed by atoms with E-state index in [9.17, 15) is 27.9 Å². The standard InChI is InChI=1S/C29H28F4N10O3/c1-16-12-17(13-19(30)23(16)28(46)41-10-8-40(9-11-41)27(45)20-2-3-22(44)38-20)37-25-26-36-14-21(43(26)7-5-35-25)18-15-42(6-4-34)39-24(18)29(31,32)33/h5,7,12-15,20,22,38,44H,2-3,6,8-11H2,1H3,(H,35,37)/t20-,22+/m1/s1. The minimum Gasteiger partial charge on any atom is -0.379 e. The van der Waals surface area contributed by atoms with Gasteiger partial charge in [0.1, 0.15) is 18.6 Å². The quantitative estimate of drug-likeness (QED) is 0.270. The van der Waals surface area contributed by atoms with Crippen molar-refractivity contribution in [2.45, 2.75) is 44.8 Å². The number of nitrogens with one attached hydrogen (secondary N) is 2. The number of anilines is 2. The van der Waals surface area contributed by atoms with Crippen molar-refractivity contribution >= 4 is 29.0 Å². The number of piperazine rings is 1. The molecule has 13 nitrogen and oxygen atoms in total. The number of benzene rings is 1. The first-order chi connectivity index (χ1) is 21.9. The van der Waals surface area contributed by atoms with E-state index in [0.29, 0.717) is 18.4 Å². The first-order valence-electron chi connectivity index (χ1n) is 14.4. The van der Waals surface area contributed by atoms with E-state index >= 15 is 4.39 Å². The fraction of sp³-hybridized carbons (Fsp3) is 0.379. The van der Waals surface area contributed by atoms with E-state index in [1.54, 1.807) is 24.0 Å². The summed E-state index contributed by atoms with van der Waals surface area (Å²) in [5.41, 5.74) is -0.800. The lowest BCUT2D eigenvalue weighted by molar-refractivity contribution is -0.141. The number of aliphatic hydroxyl groups is 1. The minimum atomic E-state index is -4.79. The molecule has 0 bridgehead atoms. The molecule has 0 aliphatic carbocycles. The van der Waals surface area contributed by atoms with Gasteiger partial charge in [0.2, 0.25) is 5.91 Å². The molecule has 17 heteroatoms. The number of hydrogen-bond acceptors (Lipinski definition) is 9. The van der Waals surface area contributed by atoms with Crippen LogP contribution in [0.25, 0.3) is 16.9 Å². The number of amides is 2. The number of rotatable bonds is 6. The number of hydrogen-bond donors (Lipinski definition) is 3. The molecule has 2 aliphatic heterocycles. The Kier molecular flexibility index (Phi) is 8.08. The monoisotopic (exact) mass is 640 g/mol. The lowest BCUT2D eigenvalue weighted by Gasteiger charge is -2.36. The van der Waals surface area contributed by atoms with E-state index in [4.69, 9.17) is 5.26 Å². The van der Waals surface area contributed by atoms with Crippen LogP contribution in [0.4, 0.5) is 29.1 Å². The van der Waals surface area contributed by atoms with Crippen LogP contribution in [0, 0.1) is 24.1 Å². The molecule has 2 atom stereocenters. The van der Waals surface area contributed by atoms with Crippen LogP contribution in [-0.2, 0) is 17.5 Å². The normalized spacial score (nSPS) is 18.6. The maximum absolute atomic E-state index is 15.5. The topological polar surface area (TPSA) is 157 Å². The van der Waals surface area contributed by atoms with Crippen molar-refractivity contribution in [3.05, 3.63) is 59.6 Å². The number of aliphatic hydroxyl groups excluding tert-OH is 1. The van der Waals surface area contributed by atoms with E-state index < -0.39 is 35.9 Å². The molecule has 0 saturated carbocycles. The van der Waals surface area contributed by atoms with Crippen molar-refractivity contribution in [3.8, 4) is 17.3 Å². The highest BCUT2D eigenvalue weighted by molar-refractivity contribution is 5.97. The fourth-order valence-corrected chi connectivity index (χ4v) is 5.83. The highest BCUT2D eigenvalue weighted by Crippen LogP contribution is 2.37. The van der Waals surface area contributed by atoms with Gasteiger partial charge in [-0.3, -0.25) is 24.0 Å². The molecule has 6 rings (SSSR count). The van der Waals surface area contributed by atoms with Gasteiger partial charge in [0.25, 0.3) is 5.91 Å². The van der Waals surface area contributed by atoms with E-state index in [1.807, 2.05) is 0 Å². The first-order valence-corrected chi connectivity index (χ1v) is 14.4. The average molecular weight is 641 g/mol. The average Bonchev–Trinajstić information content (AvgIpc) is 3.75. The number of fused-ring (bicyclic) bond motifs is 1. The number of halogens is 4. The summed E-state index contributed by atoms with van der Waals surface area (Å²) >= 11 is 0. The lowest BCUT2D eigenvalue weighted by Crippen LogP contribution is -2.54. The zero-order valence-corrected chi connectivity index (χ0v) is 24.4. The number of carbonyl (C=O) groups excluding carboxylic acids is 2. The Hall–Kier alpha value is -5.08. The second-order valence-electron chi connectivity index (χ2n) is 11.1. The van der Waals surface area contributed by atoms with Crippen LogP contribution in [0.15, 0.2) is 36.9 Å². The van der Waals surface area contributed by atoms with Gasteiger partial charge in [-0.05, 0) is 37.5 Å². The summed E-state index contributed by atoms with van der Waals surface area (Å²) in [6.45, 7) is 2.21. The molecular formula is C29H28F4N10O3. The summed E-state index contributed by atoms with van der Waals surface area (Å²) in [5, 5.41) is 27.9. The summed E-state index contributed by atoms with van der Waals surface area (Å²) in [4.78, 5) is 37.6. The number of nitriles is 1. The Morgan fingerprint density at radius 2 is 1.89 bits per heavy atom. The summed E-state index contributed by atoms with van der Waals surface area (Å²) in [5.74, 6) is -1.32. The molecule has 3 N–H and O–H groups in total. The van der Waals surface area contributed by atoms with Crippen LogP contribution in [0.3, 0.4) is 0 Å². The molecule has 0 radical (unpaired) electrons. The Balaban J connectivity index is 1.20. The molecule has 46 heavy (non-hydrogen) atoms. The summed E-state index contributed by atoms with van der Waals surface area (Å²) in [6.07, 6.45) is 0.621.